The van der Waals surface area contributed by atoms with E-state index in [0.29, 0.717) is 10.6 Å². The lowest BCUT2D eigenvalue weighted by molar-refractivity contribution is -0.132. The number of ketones is 1. The van der Waals surface area contributed by atoms with E-state index in [2.05, 4.69) is 0 Å². The van der Waals surface area contributed by atoms with Gasteiger partial charge in [0.25, 0.3) is 11.7 Å². The van der Waals surface area contributed by atoms with Crippen molar-refractivity contribution in [3.8, 4) is 5.75 Å². The SMILES string of the molecule is COc1ccc(/C(O)=C2/C(=O)C(=O)N(c3cccc(F)c3)C2c2cccs2)cc1Cl. The summed E-state index contributed by atoms with van der Waals surface area (Å²) in [7, 11) is 1.46. The molecule has 0 aliphatic carbocycles. The summed E-state index contributed by atoms with van der Waals surface area (Å²) in [5.41, 5.74) is 0.398. The Kier molecular flexibility index (Phi) is 5.32. The van der Waals surface area contributed by atoms with Gasteiger partial charge in [-0.3, -0.25) is 14.5 Å². The number of carbonyl (C=O) groups is 2. The molecule has 1 unspecified atom stereocenters. The van der Waals surface area contributed by atoms with Gasteiger partial charge in [0, 0.05) is 16.1 Å². The topological polar surface area (TPSA) is 66.8 Å². The second kappa shape index (κ2) is 7.93. The van der Waals surface area contributed by atoms with Crippen LogP contribution in [0.2, 0.25) is 5.02 Å². The zero-order valence-electron chi connectivity index (χ0n) is 15.6. The number of amides is 1. The fourth-order valence-corrected chi connectivity index (χ4v) is 4.49. The van der Waals surface area contributed by atoms with Crippen LogP contribution < -0.4 is 9.64 Å². The molecule has 5 nitrogen and oxygen atoms in total. The highest BCUT2D eigenvalue weighted by atomic mass is 35.5. The van der Waals surface area contributed by atoms with Gasteiger partial charge in [0.05, 0.1) is 17.7 Å². The van der Waals surface area contributed by atoms with Crippen molar-refractivity contribution in [3.63, 3.8) is 0 Å². The number of methoxy groups -OCH3 is 1. The van der Waals surface area contributed by atoms with Crippen LogP contribution in [0.4, 0.5) is 10.1 Å². The van der Waals surface area contributed by atoms with Crippen LogP contribution in [0.15, 0.2) is 65.6 Å². The fraction of sp³-hybridized carbons (Fsp3) is 0.0909. The van der Waals surface area contributed by atoms with Crippen LogP contribution in [-0.2, 0) is 9.59 Å². The number of aliphatic hydroxyl groups is 1. The predicted molar refractivity (Wildman–Crippen MR) is 114 cm³/mol. The lowest BCUT2D eigenvalue weighted by Crippen LogP contribution is -2.29. The number of Topliss-reactive ketones (excluding diaryl/α,β-unsaturated/α-hetero) is 1. The molecule has 0 radical (unpaired) electrons. The van der Waals surface area contributed by atoms with Gasteiger partial charge in [-0.2, -0.15) is 0 Å². The molecule has 0 saturated carbocycles. The van der Waals surface area contributed by atoms with Crippen molar-refractivity contribution in [3.05, 3.63) is 86.8 Å². The van der Waals surface area contributed by atoms with Crippen molar-refractivity contribution in [2.24, 2.45) is 0 Å². The summed E-state index contributed by atoms with van der Waals surface area (Å²) >= 11 is 7.48. The van der Waals surface area contributed by atoms with E-state index in [0.717, 1.165) is 0 Å². The molecule has 1 N–H and O–H groups in total. The van der Waals surface area contributed by atoms with Crippen LogP contribution in [0.5, 0.6) is 5.75 Å². The first-order chi connectivity index (χ1) is 14.4. The number of benzene rings is 2. The second-order valence-electron chi connectivity index (χ2n) is 6.51. The van der Waals surface area contributed by atoms with Gasteiger partial charge in [0.15, 0.2) is 0 Å². The van der Waals surface area contributed by atoms with E-state index in [1.165, 1.54) is 47.6 Å². The summed E-state index contributed by atoms with van der Waals surface area (Å²) in [6.07, 6.45) is 0. The van der Waals surface area contributed by atoms with E-state index in [-0.39, 0.29) is 27.6 Å². The van der Waals surface area contributed by atoms with Gasteiger partial charge in [0.1, 0.15) is 23.4 Å². The first kappa shape index (κ1) is 20.1. The van der Waals surface area contributed by atoms with E-state index in [1.54, 1.807) is 35.7 Å². The first-order valence-corrected chi connectivity index (χ1v) is 10.1. The number of hydrogen-bond donors (Lipinski definition) is 1. The Bertz CT molecular complexity index is 1180. The highest BCUT2D eigenvalue weighted by Gasteiger charge is 2.47. The molecular formula is C22H15ClFNO4S. The Hall–Kier alpha value is -3.16. The van der Waals surface area contributed by atoms with Crippen LogP contribution in [0.3, 0.4) is 0 Å². The molecule has 1 amide bonds. The van der Waals surface area contributed by atoms with Crippen molar-refractivity contribution in [2.45, 2.75) is 6.04 Å². The average molecular weight is 444 g/mol. The van der Waals surface area contributed by atoms with E-state index < -0.39 is 23.5 Å². The Labute approximate surface area is 180 Å². The number of aliphatic hydroxyl groups excluding tert-OH is 1. The lowest BCUT2D eigenvalue weighted by Gasteiger charge is -2.24. The van der Waals surface area contributed by atoms with Crippen molar-refractivity contribution < 1.29 is 23.8 Å². The number of nitrogens with zero attached hydrogens (tertiary/aromatic N) is 1. The molecule has 0 bridgehead atoms. The van der Waals surface area contributed by atoms with Gasteiger partial charge in [-0.25, -0.2) is 4.39 Å². The molecule has 1 fully saturated rings. The van der Waals surface area contributed by atoms with E-state index in [1.807, 2.05) is 0 Å². The summed E-state index contributed by atoms with van der Waals surface area (Å²) in [5, 5.41) is 13.0. The van der Waals surface area contributed by atoms with Crippen LogP contribution in [0.25, 0.3) is 5.76 Å². The van der Waals surface area contributed by atoms with Crippen LogP contribution in [-0.4, -0.2) is 23.9 Å². The van der Waals surface area contributed by atoms with E-state index in [4.69, 9.17) is 16.3 Å². The molecule has 2 heterocycles. The quantitative estimate of drug-likeness (QED) is 0.343. The van der Waals surface area contributed by atoms with Crippen molar-refractivity contribution in [2.75, 3.05) is 12.0 Å². The normalized spacial score (nSPS) is 18.1. The van der Waals surface area contributed by atoms with Crippen LogP contribution >= 0.6 is 22.9 Å². The van der Waals surface area contributed by atoms with E-state index in [9.17, 15) is 19.1 Å². The smallest absolute Gasteiger partial charge is 0.300 e. The fourth-order valence-electron chi connectivity index (χ4n) is 3.41. The third-order valence-electron chi connectivity index (χ3n) is 4.77. The molecular weight excluding hydrogens is 429 g/mol. The minimum atomic E-state index is -0.896. The zero-order valence-corrected chi connectivity index (χ0v) is 17.2. The van der Waals surface area contributed by atoms with Crippen LogP contribution in [0.1, 0.15) is 16.5 Å². The third kappa shape index (κ3) is 3.36. The standard InChI is InChI=1S/C22H15ClFNO4S/c1-29-16-8-7-12(10-15(16)23)20(26)18-19(17-6-3-9-30-17)25(22(28)21(18)27)14-5-2-4-13(24)11-14/h2-11,19,26H,1H3/b20-18-. The van der Waals surface area contributed by atoms with Crippen molar-refractivity contribution in [1.82, 2.24) is 0 Å². The van der Waals surface area contributed by atoms with Crippen molar-refractivity contribution >= 4 is 46.1 Å². The first-order valence-electron chi connectivity index (χ1n) is 8.86. The number of anilines is 1. The van der Waals surface area contributed by atoms with E-state index >= 15 is 0 Å². The van der Waals surface area contributed by atoms with Gasteiger partial charge < -0.3 is 9.84 Å². The summed E-state index contributed by atoms with van der Waals surface area (Å²) in [6.45, 7) is 0. The maximum Gasteiger partial charge on any atom is 0.300 e. The molecule has 2 aromatic carbocycles. The molecule has 1 aromatic heterocycles. The minimum absolute atomic E-state index is 0.0899. The van der Waals surface area contributed by atoms with Gasteiger partial charge in [-0.1, -0.05) is 23.7 Å². The highest BCUT2D eigenvalue weighted by Crippen LogP contribution is 2.44. The van der Waals surface area contributed by atoms with Gasteiger partial charge in [-0.15, -0.1) is 11.3 Å². The highest BCUT2D eigenvalue weighted by molar-refractivity contribution is 7.10. The Morgan fingerprint density at radius 1 is 1.17 bits per heavy atom. The number of hydrogen-bond acceptors (Lipinski definition) is 5. The number of ether oxygens (including phenoxy) is 1. The Morgan fingerprint density at radius 2 is 1.97 bits per heavy atom. The molecule has 1 atom stereocenters. The largest absolute Gasteiger partial charge is 0.507 e. The second-order valence-corrected chi connectivity index (χ2v) is 7.90. The van der Waals surface area contributed by atoms with Gasteiger partial charge in [-0.05, 0) is 47.8 Å². The summed E-state index contributed by atoms with van der Waals surface area (Å²) in [4.78, 5) is 27.7. The molecule has 0 spiro atoms. The molecule has 4 rings (SSSR count). The summed E-state index contributed by atoms with van der Waals surface area (Å²) < 4.78 is 19.0. The third-order valence-corrected chi connectivity index (χ3v) is 5.99. The lowest BCUT2D eigenvalue weighted by atomic mass is 9.99. The number of halogens is 2. The zero-order chi connectivity index (χ0) is 21.4. The molecule has 30 heavy (non-hydrogen) atoms. The summed E-state index contributed by atoms with van der Waals surface area (Å²) in [6, 6.07) is 12.6. The van der Waals surface area contributed by atoms with Gasteiger partial charge >= 0.3 is 0 Å². The number of carbonyl (C=O) groups excluding carboxylic acids is 2. The Balaban J connectivity index is 1.92. The monoisotopic (exact) mass is 443 g/mol. The molecule has 1 aliphatic rings. The van der Waals surface area contributed by atoms with Crippen LogP contribution in [0, 0.1) is 5.82 Å². The molecule has 1 saturated heterocycles. The molecule has 1 aliphatic heterocycles. The predicted octanol–water partition coefficient (Wildman–Crippen LogP) is 5.18. The molecule has 3 aromatic rings. The number of thiophene rings is 1. The molecule has 152 valence electrons. The molecule has 8 heteroatoms. The summed E-state index contributed by atoms with van der Waals surface area (Å²) in [5.74, 6) is -2.21. The number of rotatable bonds is 4. The van der Waals surface area contributed by atoms with Gasteiger partial charge in [0.2, 0.25) is 0 Å². The maximum atomic E-state index is 13.8. The van der Waals surface area contributed by atoms with Crippen molar-refractivity contribution in [1.29, 1.82) is 0 Å². The maximum absolute atomic E-state index is 13.8. The average Bonchev–Trinajstić information content (AvgIpc) is 3.34. The minimum Gasteiger partial charge on any atom is -0.507 e. The Morgan fingerprint density at radius 3 is 2.60 bits per heavy atom.